The minimum Gasteiger partial charge on any atom is -0.305 e. The lowest BCUT2D eigenvalue weighted by atomic mass is 9.81. The SMILES string of the molecule is CC(C)Sc1ccc(C(=O)C(C)NC2CCC(c3ccccc3)CC2)cc1. The van der Waals surface area contributed by atoms with Crippen molar-refractivity contribution < 1.29 is 4.79 Å². The molecule has 0 saturated heterocycles. The highest BCUT2D eigenvalue weighted by Crippen LogP contribution is 2.33. The van der Waals surface area contributed by atoms with Gasteiger partial charge in [-0.2, -0.15) is 0 Å². The highest BCUT2D eigenvalue weighted by molar-refractivity contribution is 7.99. The number of thioether (sulfide) groups is 1. The third-order valence-electron chi connectivity index (χ3n) is 5.39. The van der Waals surface area contributed by atoms with Gasteiger partial charge in [0.25, 0.3) is 0 Å². The van der Waals surface area contributed by atoms with Gasteiger partial charge in [0.1, 0.15) is 0 Å². The van der Waals surface area contributed by atoms with Crippen LogP contribution in [0, 0.1) is 0 Å². The fourth-order valence-corrected chi connectivity index (χ4v) is 4.81. The van der Waals surface area contributed by atoms with Gasteiger partial charge in [-0.05, 0) is 56.2 Å². The first-order chi connectivity index (χ1) is 13.0. The van der Waals surface area contributed by atoms with E-state index >= 15 is 0 Å². The molecule has 0 radical (unpaired) electrons. The van der Waals surface area contributed by atoms with Crippen LogP contribution in [0.2, 0.25) is 0 Å². The molecule has 1 aliphatic rings. The van der Waals surface area contributed by atoms with Crippen LogP contribution in [-0.4, -0.2) is 23.1 Å². The molecule has 1 fully saturated rings. The van der Waals surface area contributed by atoms with Gasteiger partial charge in [-0.1, -0.05) is 56.3 Å². The summed E-state index contributed by atoms with van der Waals surface area (Å²) in [7, 11) is 0. The largest absolute Gasteiger partial charge is 0.305 e. The van der Waals surface area contributed by atoms with E-state index in [0.717, 1.165) is 18.4 Å². The Morgan fingerprint density at radius 2 is 1.56 bits per heavy atom. The maximum Gasteiger partial charge on any atom is 0.179 e. The number of ketones is 1. The van der Waals surface area contributed by atoms with Crippen molar-refractivity contribution in [3.05, 3.63) is 65.7 Å². The number of Topliss-reactive ketones (excluding diaryl/α,β-unsaturated/α-hetero) is 1. The van der Waals surface area contributed by atoms with Gasteiger partial charge in [0, 0.05) is 21.8 Å². The lowest BCUT2D eigenvalue weighted by Gasteiger charge is -2.31. The van der Waals surface area contributed by atoms with Crippen molar-refractivity contribution in [2.45, 2.75) is 74.6 Å². The number of rotatable bonds is 7. The maximum atomic E-state index is 12.8. The van der Waals surface area contributed by atoms with Gasteiger partial charge < -0.3 is 5.32 Å². The van der Waals surface area contributed by atoms with Gasteiger partial charge in [0.05, 0.1) is 6.04 Å². The second kappa shape index (κ2) is 9.57. The second-order valence-electron chi connectivity index (χ2n) is 7.90. The van der Waals surface area contributed by atoms with Crippen LogP contribution in [0.5, 0.6) is 0 Å². The summed E-state index contributed by atoms with van der Waals surface area (Å²) < 4.78 is 0. The summed E-state index contributed by atoms with van der Waals surface area (Å²) in [5, 5.41) is 4.14. The minimum atomic E-state index is -0.133. The molecule has 1 atom stereocenters. The van der Waals surface area contributed by atoms with Crippen LogP contribution in [-0.2, 0) is 0 Å². The molecule has 3 heteroatoms. The van der Waals surface area contributed by atoms with Crippen LogP contribution in [0.25, 0.3) is 0 Å². The van der Waals surface area contributed by atoms with Crippen LogP contribution >= 0.6 is 11.8 Å². The molecule has 0 amide bonds. The number of carbonyl (C=O) groups excluding carboxylic acids is 1. The minimum absolute atomic E-state index is 0.133. The van der Waals surface area contributed by atoms with E-state index in [-0.39, 0.29) is 11.8 Å². The Kier molecular flexibility index (Phi) is 7.14. The van der Waals surface area contributed by atoms with Crippen molar-refractivity contribution in [2.75, 3.05) is 0 Å². The van der Waals surface area contributed by atoms with Crippen LogP contribution in [0.1, 0.15) is 68.3 Å². The molecule has 1 aliphatic carbocycles. The number of nitrogens with one attached hydrogen (secondary N) is 1. The quantitative estimate of drug-likeness (QED) is 0.466. The fourth-order valence-electron chi connectivity index (χ4n) is 3.97. The van der Waals surface area contributed by atoms with Crippen LogP contribution in [0.4, 0.5) is 0 Å². The first kappa shape index (κ1) is 20.2. The van der Waals surface area contributed by atoms with Crippen molar-refractivity contribution in [3.63, 3.8) is 0 Å². The molecule has 0 bridgehead atoms. The van der Waals surface area contributed by atoms with Crippen molar-refractivity contribution in [1.29, 1.82) is 0 Å². The molecule has 2 nitrogen and oxygen atoms in total. The van der Waals surface area contributed by atoms with Gasteiger partial charge in [0.15, 0.2) is 5.78 Å². The summed E-state index contributed by atoms with van der Waals surface area (Å²) in [6.07, 6.45) is 4.68. The molecule has 0 heterocycles. The van der Waals surface area contributed by atoms with Gasteiger partial charge in [-0.3, -0.25) is 4.79 Å². The number of benzene rings is 2. The molecule has 1 saturated carbocycles. The standard InChI is InChI=1S/C24H31NOS/c1-17(2)27-23-15-11-21(12-16-23)24(26)18(3)25-22-13-9-20(10-14-22)19-7-5-4-6-8-19/h4-8,11-12,15-18,20,22,25H,9-10,13-14H2,1-3H3. The van der Waals surface area contributed by atoms with E-state index in [4.69, 9.17) is 0 Å². The Balaban J connectivity index is 1.50. The van der Waals surface area contributed by atoms with E-state index in [9.17, 15) is 4.79 Å². The number of carbonyl (C=O) groups is 1. The van der Waals surface area contributed by atoms with E-state index in [1.165, 1.54) is 23.3 Å². The maximum absolute atomic E-state index is 12.8. The predicted molar refractivity (Wildman–Crippen MR) is 116 cm³/mol. The zero-order valence-electron chi connectivity index (χ0n) is 16.7. The predicted octanol–water partition coefficient (Wildman–Crippen LogP) is 6.07. The Hall–Kier alpha value is -1.58. The summed E-state index contributed by atoms with van der Waals surface area (Å²) in [5.41, 5.74) is 2.26. The van der Waals surface area contributed by atoms with Crippen molar-refractivity contribution in [2.24, 2.45) is 0 Å². The normalized spacial score (nSPS) is 21.2. The number of hydrogen-bond donors (Lipinski definition) is 1. The summed E-state index contributed by atoms with van der Waals surface area (Å²) >= 11 is 1.83. The molecular weight excluding hydrogens is 350 g/mol. The summed E-state index contributed by atoms with van der Waals surface area (Å²) in [6, 6.07) is 19.2. The first-order valence-corrected chi connectivity index (χ1v) is 11.0. The van der Waals surface area contributed by atoms with Gasteiger partial charge in [-0.25, -0.2) is 0 Å². The molecule has 3 rings (SSSR count). The highest BCUT2D eigenvalue weighted by Gasteiger charge is 2.25. The van der Waals surface area contributed by atoms with E-state index in [2.05, 4.69) is 61.6 Å². The zero-order valence-corrected chi connectivity index (χ0v) is 17.5. The molecule has 1 unspecified atom stereocenters. The molecule has 2 aromatic carbocycles. The van der Waals surface area contributed by atoms with E-state index in [1.807, 2.05) is 30.8 Å². The molecule has 1 N–H and O–H groups in total. The third kappa shape index (κ3) is 5.70. The van der Waals surface area contributed by atoms with E-state index < -0.39 is 0 Å². The molecule has 144 valence electrons. The van der Waals surface area contributed by atoms with E-state index in [1.54, 1.807) is 0 Å². The highest BCUT2D eigenvalue weighted by atomic mass is 32.2. The second-order valence-corrected chi connectivity index (χ2v) is 9.55. The Morgan fingerprint density at radius 1 is 0.926 bits per heavy atom. The zero-order chi connectivity index (χ0) is 19.2. The van der Waals surface area contributed by atoms with Crippen LogP contribution in [0.3, 0.4) is 0 Å². The smallest absolute Gasteiger partial charge is 0.179 e. The summed E-state index contributed by atoms with van der Waals surface area (Å²) in [6.45, 7) is 6.37. The van der Waals surface area contributed by atoms with Gasteiger partial charge in [0.2, 0.25) is 0 Å². The fraction of sp³-hybridized carbons (Fsp3) is 0.458. The number of hydrogen-bond acceptors (Lipinski definition) is 3. The lowest BCUT2D eigenvalue weighted by Crippen LogP contribution is -2.43. The third-order valence-corrected chi connectivity index (χ3v) is 6.40. The van der Waals surface area contributed by atoms with Crippen LogP contribution < -0.4 is 5.32 Å². The Labute approximate surface area is 168 Å². The lowest BCUT2D eigenvalue weighted by molar-refractivity contribution is 0.0939. The van der Waals surface area contributed by atoms with Crippen molar-refractivity contribution in [3.8, 4) is 0 Å². The molecular formula is C24H31NOS. The van der Waals surface area contributed by atoms with Crippen molar-refractivity contribution in [1.82, 2.24) is 5.32 Å². The molecule has 27 heavy (non-hydrogen) atoms. The summed E-state index contributed by atoms with van der Waals surface area (Å²) in [4.78, 5) is 14.0. The monoisotopic (exact) mass is 381 g/mol. The molecule has 0 aliphatic heterocycles. The average Bonchev–Trinajstić information content (AvgIpc) is 2.69. The Morgan fingerprint density at radius 3 is 2.15 bits per heavy atom. The Bertz CT molecular complexity index is 718. The molecule has 0 aromatic heterocycles. The summed E-state index contributed by atoms with van der Waals surface area (Å²) in [5.74, 6) is 0.863. The topological polar surface area (TPSA) is 29.1 Å². The van der Waals surface area contributed by atoms with Crippen LogP contribution in [0.15, 0.2) is 59.5 Å². The average molecular weight is 382 g/mol. The van der Waals surface area contributed by atoms with Gasteiger partial charge >= 0.3 is 0 Å². The molecule has 0 spiro atoms. The molecule has 2 aromatic rings. The van der Waals surface area contributed by atoms with Gasteiger partial charge in [-0.15, -0.1) is 11.8 Å². The van der Waals surface area contributed by atoms with E-state index in [0.29, 0.717) is 17.2 Å². The first-order valence-electron chi connectivity index (χ1n) is 10.1. The van der Waals surface area contributed by atoms with Crippen molar-refractivity contribution >= 4 is 17.5 Å².